The second kappa shape index (κ2) is 10.5. The zero-order valence-corrected chi connectivity index (χ0v) is 21.8. The number of anilines is 2. The Labute approximate surface area is 224 Å². The molecule has 0 atom stereocenters. The van der Waals surface area contributed by atoms with Crippen LogP contribution in [0.1, 0.15) is 10.4 Å². The van der Waals surface area contributed by atoms with Gasteiger partial charge in [-0.3, -0.25) is 4.79 Å². The Morgan fingerprint density at radius 1 is 0.919 bits per heavy atom. The van der Waals surface area contributed by atoms with Crippen molar-refractivity contribution in [1.29, 1.82) is 0 Å². The van der Waals surface area contributed by atoms with Gasteiger partial charge >= 0.3 is 0 Å². The average molecular weight is 557 g/mol. The monoisotopic (exact) mass is 556 g/mol. The molecule has 2 heterocycles. The van der Waals surface area contributed by atoms with E-state index in [1.807, 2.05) is 12.1 Å². The second-order valence-electron chi connectivity index (χ2n) is 8.41. The first-order chi connectivity index (χ1) is 17.8. The third-order valence-corrected chi connectivity index (χ3v) is 8.42. The maximum absolute atomic E-state index is 13.2. The lowest BCUT2D eigenvalue weighted by molar-refractivity contribution is 0.102. The van der Waals surface area contributed by atoms with Crippen LogP contribution >= 0.6 is 23.2 Å². The van der Waals surface area contributed by atoms with Crippen molar-refractivity contribution in [3.63, 3.8) is 0 Å². The minimum Gasteiger partial charge on any atom is -0.443 e. The molecule has 1 N–H and O–H groups in total. The Balaban J connectivity index is 1.25. The first-order valence-corrected chi connectivity index (χ1v) is 13.6. The molecule has 1 aliphatic rings. The minimum atomic E-state index is -3.70. The summed E-state index contributed by atoms with van der Waals surface area (Å²) in [6.45, 7) is 1.66. The van der Waals surface area contributed by atoms with Gasteiger partial charge < -0.3 is 14.6 Å². The van der Waals surface area contributed by atoms with Crippen molar-refractivity contribution in [2.45, 2.75) is 4.90 Å². The lowest BCUT2D eigenvalue weighted by Gasteiger charge is -2.35. The van der Waals surface area contributed by atoms with E-state index < -0.39 is 10.0 Å². The number of piperazine rings is 1. The van der Waals surface area contributed by atoms with E-state index in [0.717, 1.165) is 5.69 Å². The highest BCUT2D eigenvalue weighted by atomic mass is 35.5. The van der Waals surface area contributed by atoms with Crippen LogP contribution in [-0.2, 0) is 10.0 Å². The van der Waals surface area contributed by atoms with Crippen LogP contribution in [0.3, 0.4) is 0 Å². The number of carbonyl (C=O) groups excluding carboxylic acids is 1. The number of sulfonamides is 1. The Kier molecular flexibility index (Phi) is 7.21. The highest BCUT2D eigenvalue weighted by Crippen LogP contribution is 2.28. The van der Waals surface area contributed by atoms with Gasteiger partial charge in [0.1, 0.15) is 0 Å². The molecule has 1 amide bonds. The van der Waals surface area contributed by atoms with Crippen molar-refractivity contribution in [3.8, 4) is 11.3 Å². The number of amides is 1. The van der Waals surface area contributed by atoms with Gasteiger partial charge in [0.2, 0.25) is 10.0 Å². The van der Waals surface area contributed by atoms with Crippen molar-refractivity contribution >= 4 is 50.5 Å². The van der Waals surface area contributed by atoms with Crippen molar-refractivity contribution in [3.05, 3.63) is 94.9 Å². The molecule has 1 aliphatic heterocycles. The van der Waals surface area contributed by atoms with Crippen molar-refractivity contribution in [2.24, 2.45) is 0 Å². The summed E-state index contributed by atoms with van der Waals surface area (Å²) in [5.74, 6) is 0.130. The molecule has 0 bridgehead atoms. The van der Waals surface area contributed by atoms with Gasteiger partial charge in [-0.25, -0.2) is 13.4 Å². The van der Waals surface area contributed by atoms with Crippen LogP contribution in [0.4, 0.5) is 11.4 Å². The molecule has 8 nitrogen and oxygen atoms in total. The zero-order chi connectivity index (χ0) is 26.0. The van der Waals surface area contributed by atoms with Gasteiger partial charge in [0.05, 0.1) is 16.7 Å². The van der Waals surface area contributed by atoms with E-state index in [9.17, 15) is 13.2 Å². The van der Waals surface area contributed by atoms with Crippen LogP contribution in [0.2, 0.25) is 10.0 Å². The average Bonchev–Trinajstić information content (AvgIpc) is 3.44. The van der Waals surface area contributed by atoms with Gasteiger partial charge in [-0.05, 0) is 48.5 Å². The maximum atomic E-state index is 13.2. The van der Waals surface area contributed by atoms with Crippen LogP contribution < -0.4 is 10.2 Å². The maximum Gasteiger partial charge on any atom is 0.256 e. The Hall–Kier alpha value is -3.37. The first kappa shape index (κ1) is 25.3. The van der Waals surface area contributed by atoms with Gasteiger partial charge in [-0.1, -0.05) is 41.4 Å². The van der Waals surface area contributed by atoms with Crippen LogP contribution in [0.25, 0.3) is 11.3 Å². The second-order valence-corrected chi connectivity index (χ2v) is 11.2. The summed E-state index contributed by atoms with van der Waals surface area (Å²) in [4.78, 5) is 19.0. The number of carbonyl (C=O) groups is 1. The molecular weight excluding hydrogens is 535 g/mol. The van der Waals surface area contributed by atoms with E-state index in [0.29, 0.717) is 58.8 Å². The fourth-order valence-electron chi connectivity index (χ4n) is 4.21. The fourth-order valence-corrected chi connectivity index (χ4v) is 6.15. The lowest BCUT2D eigenvalue weighted by Crippen LogP contribution is -2.48. The van der Waals surface area contributed by atoms with E-state index in [-0.39, 0.29) is 10.8 Å². The highest BCUT2D eigenvalue weighted by Gasteiger charge is 2.29. The van der Waals surface area contributed by atoms with E-state index in [4.69, 9.17) is 27.6 Å². The van der Waals surface area contributed by atoms with Gasteiger partial charge in [0, 0.05) is 53.2 Å². The largest absolute Gasteiger partial charge is 0.443 e. The van der Waals surface area contributed by atoms with Gasteiger partial charge in [0.15, 0.2) is 12.2 Å². The van der Waals surface area contributed by atoms with E-state index in [1.54, 1.807) is 42.5 Å². The topological polar surface area (TPSA) is 95.8 Å². The molecule has 0 radical (unpaired) electrons. The fraction of sp³-hybridized carbons (Fsp3) is 0.154. The number of benzene rings is 3. The molecule has 190 valence electrons. The summed E-state index contributed by atoms with van der Waals surface area (Å²) in [6.07, 6.45) is 2.84. The number of nitrogens with one attached hydrogen (secondary N) is 1. The van der Waals surface area contributed by atoms with Gasteiger partial charge in [-0.2, -0.15) is 4.31 Å². The molecule has 37 heavy (non-hydrogen) atoms. The summed E-state index contributed by atoms with van der Waals surface area (Å²) in [6, 6.07) is 18.4. The zero-order valence-electron chi connectivity index (χ0n) is 19.5. The summed E-state index contributed by atoms with van der Waals surface area (Å²) in [5, 5.41) is 3.88. The summed E-state index contributed by atoms with van der Waals surface area (Å²) >= 11 is 12.2. The SMILES string of the molecule is O=C(Nc1ccc(S(=O)(=O)N2CCN(c3cc(Cl)cc(Cl)c3)CC2)cc1)c1ccccc1-c1cnco1. The molecule has 11 heteroatoms. The number of hydrogen-bond donors (Lipinski definition) is 1. The van der Waals surface area contributed by atoms with Gasteiger partial charge in [-0.15, -0.1) is 0 Å². The molecule has 1 saturated heterocycles. The first-order valence-electron chi connectivity index (χ1n) is 11.4. The van der Waals surface area contributed by atoms with Crippen molar-refractivity contribution in [2.75, 3.05) is 36.4 Å². The van der Waals surface area contributed by atoms with Crippen LogP contribution in [0.5, 0.6) is 0 Å². The number of rotatable bonds is 6. The lowest BCUT2D eigenvalue weighted by atomic mass is 10.1. The molecule has 4 aromatic rings. The Bertz CT molecular complexity index is 1500. The van der Waals surface area contributed by atoms with Gasteiger partial charge in [0.25, 0.3) is 5.91 Å². The summed E-state index contributed by atoms with van der Waals surface area (Å²) < 4.78 is 33.3. The number of halogens is 2. The third-order valence-electron chi connectivity index (χ3n) is 6.07. The minimum absolute atomic E-state index is 0.159. The smallest absolute Gasteiger partial charge is 0.256 e. The predicted molar refractivity (Wildman–Crippen MR) is 144 cm³/mol. The molecule has 0 aliphatic carbocycles. The van der Waals surface area contributed by atoms with Crippen LogP contribution in [0, 0.1) is 0 Å². The molecule has 5 rings (SSSR count). The predicted octanol–water partition coefficient (Wildman–Crippen LogP) is 5.41. The molecular formula is C26H22Cl2N4O4S. The summed E-state index contributed by atoms with van der Waals surface area (Å²) in [5.41, 5.74) is 2.35. The number of oxazole rings is 1. The quantitative estimate of drug-likeness (QED) is 0.341. The van der Waals surface area contributed by atoms with Crippen molar-refractivity contribution < 1.29 is 17.6 Å². The third kappa shape index (κ3) is 5.50. The van der Waals surface area contributed by atoms with Crippen LogP contribution in [0.15, 0.2) is 88.6 Å². The van der Waals surface area contributed by atoms with E-state index in [1.165, 1.54) is 29.0 Å². The summed E-state index contributed by atoms with van der Waals surface area (Å²) in [7, 11) is -3.70. The molecule has 0 spiro atoms. The molecule has 3 aromatic carbocycles. The number of hydrogen-bond acceptors (Lipinski definition) is 6. The molecule has 0 saturated carbocycles. The Morgan fingerprint density at radius 3 is 2.24 bits per heavy atom. The standard InChI is InChI=1S/C26H22Cl2N4O4S/c27-18-13-19(28)15-21(14-18)31-9-11-32(12-10-31)37(34,35)22-7-5-20(6-8-22)30-26(33)24-4-2-1-3-23(24)25-16-29-17-36-25/h1-8,13-17H,9-12H2,(H,30,33). The normalized spacial score (nSPS) is 14.5. The Morgan fingerprint density at radius 2 is 1.59 bits per heavy atom. The molecule has 1 fully saturated rings. The van der Waals surface area contributed by atoms with Crippen molar-refractivity contribution in [1.82, 2.24) is 9.29 Å². The highest BCUT2D eigenvalue weighted by molar-refractivity contribution is 7.89. The van der Waals surface area contributed by atoms with E-state index >= 15 is 0 Å². The molecule has 1 aromatic heterocycles. The number of aromatic nitrogens is 1. The van der Waals surface area contributed by atoms with Crippen LogP contribution in [-0.4, -0.2) is 49.8 Å². The number of nitrogens with zero attached hydrogens (tertiary/aromatic N) is 3. The van der Waals surface area contributed by atoms with E-state index in [2.05, 4.69) is 15.2 Å². The molecule has 0 unspecified atom stereocenters.